The molecule has 0 aromatic heterocycles. The fourth-order valence-corrected chi connectivity index (χ4v) is 2.33. The zero-order valence-corrected chi connectivity index (χ0v) is 13.8. The number of nitriles is 1. The molecule has 2 aromatic rings. The van der Waals surface area contributed by atoms with Crippen molar-refractivity contribution in [1.29, 1.82) is 5.26 Å². The van der Waals surface area contributed by atoms with Crippen molar-refractivity contribution in [1.82, 2.24) is 4.90 Å². The van der Waals surface area contributed by atoms with Crippen LogP contribution < -0.4 is 5.32 Å². The SMILES string of the molecule is CCC(C)N(Cc1ccccc1)C(=O)Nc1ccc(F)cc1C#N. The van der Waals surface area contributed by atoms with E-state index in [4.69, 9.17) is 5.26 Å². The summed E-state index contributed by atoms with van der Waals surface area (Å²) in [6.45, 7) is 4.44. The smallest absolute Gasteiger partial charge is 0.318 e. The number of halogens is 1. The molecule has 2 aromatic carbocycles. The van der Waals surface area contributed by atoms with Gasteiger partial charge in [-0.1, -0.05) is 37.3 Å². The van der Waals surface area contributed by atoms with Gasteiger partial charge in [-0.2, -0.15) is 5.26 Å². The number of hydrogen-bond donors (Lipinski definition) is 1. The van der Waals surface area contributed by atoms with Crippen LogP contribution in [0.4, 0.5) is 14.9 Å². The van der Waals surface area contributed by atoms with Crippen LogP contribution in [-0.2, 0) is 6.54 Å². The molecular formula is C19H20FN3O. The van der Waals surface area contributed by atoms with E-state index >= 15 is 0 Å². The third-order valence-electron chi connectivity index (χ3n) is 3.92. The Morgan fingerprint density at radius 1 is 1.29 bits per heavy atom. The Hall–Kier alpha value is -2.87. The molecule has 2 rings (SSSR count). The monoisotopic (exact) mass is 325 g/mol. The fraction of sp³-hybridized carbons (Fsp3) is 0.263. The van der Waals surface area contributed by atoms with Crippen LogP contribution in [0.2, 0.25) is 0 Å². The molecule has 124 valence electrons. The Morgan fingerprint density at radius 2 is 2.00 bits per heavy atom. The summed E-state index contributed by atoms with van der Waals surface area (Å²) in [6, 6.07) is 15.1. The van der Waals surface area contributed by atoms with E-state index in [0.717, 1.165) is 18.1 Å². The van der Waals surface area contributed by atoms with E-state index in [1.165, 1.54) is 12.1 Å². The van der Waals surface area contributed by atoms with Gasteiger partial charge in [0.25, 0.3) is 0 Å². The molecule has 0 saturated heterocycles. The Morgan fingerprint density at radius 3 is 2.62 bits per heavy atom. The summed E-state index contributed by atoms with van der Waals surface area (Å²) in [7, 11) is 0. The first-order valence-corrected chi connectivity index (χ1v) is 7.86. The lowest BCUT2D eigenvalue weighted by molar-refractivity contribution is 0.187. The molecule has 1 atom stereocenters. The summed E-state index contributed by atoms with van der Waals surface area (Å²) in [5.74, 6) is -0.507. The van der Waals surface area contributed by atoms with E-state index in [0.29, 0.717) is 12.2 Å². The fourth-order valence-electron chi connectivity index (χ4n) is 2.33. The van der Waals surface area contributed by atoms with Crippen molar-refractivity contribution in [3.05, 3.63) is 65.5 Å². The van der Waals surface area contributed by atoms with Gasteiger partial charge in [0.05, 0.1) is 11.3 Å². The van der Waals surface area contributed by atoms with E-state index in [2.05, 4.69) is 5.32 Å². The van der Waals surface area contributed by atoms with E-state index in [1.54, 1.807) is 4.90 Å². The van der Waals surface area contributed by atoms with Crippen LogP contribution in [0.15, 0.2) is 48.5 Å². The third kappa shape index (κ3) is 4.32. The second-order valence-corrected chi connectivity index (χ2v) is 5.60. The summed E-state index contributed by atoms with van der Waals surface area (Å²) < 4.78 is 13.2. The summed E-state index contributed by atoms with van der Waals surface area (Å²) in [4.78, 5) is 14.4. The van der Waals surface area contributed by atoms with E-state index in [-0.39, 0.29) is 17.6 Å². The van der Waals surface area contributed by atoms with Gasteiger partial charge in [0, 0.05) is 12.6 Å². The molecule has 0 aliphatic heterocycles. The molecular weight excluding hydrogens is 305 g/mol. The second-order valence-electron chi connectivity index (χ2n) is 5.60. The van der Waals surface area contributed by atoms with Crippen LogP contribution in [0, 0.1) is 17.1 Å². The van der Waals surface area contributed by atoms with Gasteiger partial charge in [-0.3, -0.25) is 0 Å². The van der Waals surface area contributed by atoms with Crippen molar-refractivity contribution in [3.63, 3.8) is 0 Å². The van der Waals surface area contributed by atoms with E-state index in [9.17, 15) is 9.18 Å². The first-order chi connectivity index (χ1) is 11.5. The van der Waals surface area contributed by atoms with Crippen molar-refractivity contribution in [2.24, 2.45) is 0 Å². The predicted molar refractivity (Wildman–Crippen MR) is 91.9 cm³/mol. The maximum absolute atomic E-state index is 13.2. The van der Waals surface area contributed by atoms with Crippen LogP contribution in [0.3, 0.4) is 0 Å². The lowest BCUT2D eigenvalue weighted by Crippen LogP contribution is -2.40. The maximum atomic E-state index is 13.2. The van der Waals surface area contributed by atoms with Crippen molar-refractivity contribution in [2.45, 2.75) is 32.9 Å². The predicted octanol–water partition coefficient (Wildman–Crippen LogP) is 4.53. The van der Waals surface area contributed by atoms with Gasteiger partial charge in [0.15, 0.2) is 0 Å². The molecule has 0 fully saturated rings. The molecule has 0 saturated carbocycles. The molecule has 1 unspecified atom stereocenters. The van der Waals surface area contributed by atoms with Crippen LogP contribution in [0.5, 0.6) is 0 Å². The molecule has 0 aliphatic rings. The molecule has 2 amide bonds. The summed E-state index contributed by atoms with van der Waals surface area (Å²) in [5.41, 5.74) is 1.44. The highest BCUT2D eigenvalue weighted by Crippen LogP contribution is 2.18. The number of anilines is 1. The topological polar surface area (TPSA) is 56.1 Å². The standard InChI is InChI=1S/C19H20FN3O/c1-3-14(2)23(13-15-7-5-4-6-8-15)19(24)22-18-10-9-17(20)11-16(18)12-21/h4-11,14H,3,13H2,1-2H3,(H,22,24). The Labute approximate surface area is 141 Å². The van der Waals surface area contributed by atoms with Crippen molar-refractivity contribution < 1.29 is 9.18 Å². The highest BCUT2D eigenvalue weighted by molar-refractivity contribution is 5.91. The number of rotatable bonds is 5. The molecule has 24 heavy (non-hydrogen) atoms. The first kappa shape index (κ1) is 17.5. The van der Waals surface area contributed by atoms with Crippen LogP contribution in [-0.4, -0.2) is 17.0 Å². The van der Waals surface area contributed by atoms with E-state index in [1.807, 2.05) is 50.2 Å². The number of carbonyl (C=O) groups excluding carboxylic acids is 1. The van der Waals surface area contributed by atoms with Gasteiger partial charge >= 0.3 is 6.03 Å². The van der Waals surface area contributed by atoms with Crippen molar-refractivity contribution >= 4 is 11.7 Å². The number of urea groups is 1. The lowest BCUT2D eigenvalue weighted by Gasteiger charge is -2.29. The molecule has 4 nitrogen and oxygen atoms in total. The minimum Gasteiger partial charge on any atom is -0.318 e. The normalized spacial score (nSPS) is 11.4. The summed E-state index contributed by atoms with van der Waals surface area (Å²) in [6.07, 6.45) is 0.800. The average molecular weight is 325 g/mol. The quantitative estimate of drug-likeness (QED) is 0.878. The van der Waals surface area contributed by atoms with E-state index < -0.39 is 5.82 Å². The number of nitrogens with zero attached hydrogens (tertiary/aromatic N) is 2. The minimum atomic E-state index is -0.507. The van der Waals surface area contributed by atoms with Gasteiger partial charge < -0.3 is 10.2 Å². The average Bonchev–Trinajstić information content (AvgIpc) is 2.61. The zero-order chi connectivity index (χ0) is 17.5. The number of hydrogen-bond acceptors (Lipinski definition) is 2. The summed E-state index contributed by atoms with van der Waals surface area (Å²) in [5, 5.41) is 11.8. The number of benzene rings is 2. The molecule has 1 N–H and O–H groups in total. The minimum absolute atomic E-state index is 0.0243. The Bertz CT molecular complexity index is 740. The molecule has 0 aliphatic carbocycles. The van der Waals surface area contributed by atoms with Gasteiger partial charge in [-0.25, -0.2) is 9.18 Å². The lowest BCUT2D eigenvalue weighted by atomic mass is 10.1. The first-order valence-electron chi connectivity index (χ1n) is 7.86. The number of carbonyl (C=O) groups is 1. The molecule has 5 heteroatoms. The van der Waals surface area contributed by atoms with Gasteiger partial charge in [0.1, 0.15) is 11.9 Å². The Kier molecular flexibility index (Phi) is 5.91. The number of nitrogens with one attached hydrogen (secondary N) is 1. The second kappa shape index (κ2) is 8.11. The molecule has 0 heterocycles. The highest BCUT2D eigenvalue weighted by Gasteiger charge is 2.20. The largest absolute Gasteiger partial charge is 0.322 e. The Balaban J connectivity index is 2.21. The highest BCUT2D eigenvalue weighted by atomic mass is 19.1. The van der Waals surface area contributed by atoms with Crippen molar-refractivity contribution in [2.75, 3.05) is 5.32 Å². The van der Waals surface area contributed by atoms with Crippen LogP contribution in [0.1, 0.15) is 31.4 Å². The molecule has 0 bridgehead atoms. The van der Waals surface area contributed by atoms with Crippen LogP contribution in [0.25, 0.3) is 0 Å². The third-order valence-corrected chi connectivity index (χ3v) is 3.92. The van der Waals surface area contributed by atoms with Crippen molar-refractivity contribution in [3.8, 4) is 6.07 Å². The van der Waals surface area contributed by atoms with Gasteiger partial charge in [-0.15, -0.1) is 0 Å². The maximum Gasteiger partial charge on any atom is 0.322 e. The van der Waals surface area contributed by atoms with Crippen LogP contribution >= 0.6 is 0 Å². The zero-order valence-electron chi connectivity index (χ0n) is 13.8. The van der Waals surface area contributed by atoms with Gasteiger partial charge in [0.2, 0.25) is 0 Å². The summed E-state index contributed by atoms with van der Waals surface area (Å²) >= 11 is 0. The van der Waals surface area contributed by atoms with Gasteiger partial charge in [-0.05, 0) is 37.1 Å². The molecule has 0 radical (unpaired) electrons. The number of amides is 2. The molecule has 0 spiro atoms.